The highest BCUT2D eigenvalue weighted by atomic mass is 19.3. The molecule has 2 aromatic carbocycles. The van der Waals surface area contributed by atoms with Crippen LogP contribution in [0.4, 0.5) is 8.78 Å². The molecule has 40 heavy (non-hydrogen) atoms. The lowest BCUT2D eigenvalue weighted by Crippen LogP contribution is -2.71. The van der Waals surface area contributed by atoms with Gasteiger partial charge in [-0.3, -0.25) is 19.2 Å². The third-order valence-corrected chi connectivity index (χ3v) is 9.01. The van der Waals surface area contributed by atoms with Gasteiger partial charge in [0.1, 0.15) is 12.1 Å². The van der Waals surface area contributed by atoms with Crippen LogP contribution in [0.5, 0.6) is 0 Å². The number of rotatable bonds is 6. The molecule has 0 radical (unpaired) electrons. The normalized spacial score (nSPS) is 27.9. The van der Waals surface area contributed by atoms with E-state index >= 15 is 8.78 Å². The van der Waals surface area contributed by atoms with Crippen LogP contribution in [0.2, 0.25) is 0 Å². The fraction of sp³-hybridized carbons (Fsp3) is 0.448. The Hall–Kier alpha value is -3.86. The smallest absolute Gasteiger partial charge is 0.264 e. The summed E-state index contributed by atoms with van der Waals surface area (Å²) in [4.78, 5) is 53.6. The van der Waals surface area contributed by atoms with E-state index in [1.165, 1.54) is 0 Å². The second kappa shape index (κ2) is 9.36. The summed E-state index contributed by atoms with van der Waals surface area (Å²) in [6.45, 7) is 0.422. The molecule has 2 aromatic rings. The third-order valence-electron chi connectivity index (χ3n) is 9.01. The summed E-state index contributed by atoms with van der Waals surface area (Å²) in [7, 11) is 0. The molecule has 4 fully saturated rings. The molecule has 5 N–H and O–H groups in total. The van der Waals surface area contributed by atoms with Crippen LogP contribution in [-0.4, -0.2) is 64.2 Å². The molecule has 1 saturated carbocycles. The lowest BCUT2D eigenvalue weighted by molar-refractivity contribution is -0.201. The van der Waals surface area contributed by atoms with E-state index in [1.54, 1.807) is 48.5 Å². The molecule has 2 bridgehead atoms. The maximum atomic E-state index is 15.2. The first-order valence-corrected chi connectivity index (χ1v) is 13.5. The Morgan fingerprint density at radius 1 is 1.05 bits per heavy atom. The van der Waals surface area contributed by atoms with Gasteiger partial charge in [0.15, 0.2) is 5.60 Å². The average molecular weight is 553 g/mol. The highest BCUT2D eigenvalue weighted by molar-refractivity contribution is 6.01. The quantitative estimate of drug-likeness (QED) is 0.429. The van der Waals surface area contributed by atoms with Crippen molar-refractivity contribution >= 4 is 23.6 Å². The number of alkyl halides is 2. The minimum Gasteiger partial charge on any atom is -0.372 e. The van der Waals surface area contributed by atoms with Crippen LogP contribution in [0.1, 0.15) is 43.2 Å². The van der Waals surface area contributed by atoms with Crippen LogP contribution in [0.25, 0.3) is 11.1 Å². The Kier molecular flexibility index (Phi) is 6.17. The molecule has 0 aromatic heterocycles. The predicted molar refractivity (Wildman–Crippen MR) is 138 cm³/mol. The van der Waals surface area contributed by atoms with Crippen molar-refractivity contribution in [2.75, 3.05) is 6.54 Å². The molecule has 5 atom stereocenters. The molecule has 5 aliphatic rings. The first-order chi connectivity index (χ1) is 19.0. The van der Waals surface area contributed by atoms with E-state index in [-0.39, 0.29) is 25.2 Å². The molecule has 3 aliphatic heterocycles. The number of piperidine rings is 2. The highest BCUT2D eigenvalue weighted by Gasteiger charge is 2.63. The largest absolute Gasteiger partial charge is 0.372 e. The van der Waals surface area contributed by atoms with E-state index in [9.17, 15) is 24.3 Å². The second-order valence-electron chi connectivity index (χ2n) is 11.2. The molecule has 0 unspecified atom stereocenters. The van der Waals surface area contributed by atoms with Crippen molar-refractivity contribution in [1.29, 1.82) is 0 Å². The van der Waals surface area contributed by atoms with Gasteiger partial charge in [-0.15, -0.1) is 0 Å². The first kappa shape index (κ1) is 26.4. The zero-order chi connectivity index (χ0) is 28.4. The van der Waals surface area contributed by atoms with Gasteiger partial charge < -0.3 is 26.4 Å². The van der Waals surface area contributed by atoms with Gasteiger partial charge in [0.2, 0.25) is 17.7 Å². The Bertz CT molecular complexity index is 1370. The van der Waals surface area contributed by atoms with E-state index in [0.29, 0.717) is 35.2 Å². The molecule has 11 heteroatoms. The number of hydrogen-bond acceptors (Lipinski definition) is 5. The SMILES string of the molecule is NC(=O)[C@H](C[C@@H]1CCNC1=O)NC(=O)[C@@H]1[C@@H]2CC[C@@H](CC2(F)F)N1C(=O)C1(O)c2ccccc2-c2ccccc21. The van der Waals surface area contributed by atoms with Crippen molar-refractivity contribution in [3.05, 3.63) is 59.7 Å². The molecule has 4 amide bonds. The van der Waals surface area contributed by atoms with Crippen molar-refractivity contribution in [2.24, 2.45) is 17.6 Å². The van der Waals surface area contributed by atoms with Crippen LogP contribution in [0.15, 0.2) is 48.5 Å². The summed E-state index contributed by atoms with van der Waals surface area (Å²) in [5.41, 5.74) is 5.26. The van der Waals surface area contributed by atoms with Gasteiger partial charge in [-0.25, -0.2) is 8.78 Å². The van der Waals surface area contributed by atoms with E-state index < -0.39 is 65.6 Å². The molecular formula is C29H30F2N4O5. The zero-order valence-electron chi connectivity index (χ0n) is 21.6. The summed E-state index contributed by atoms with van der Waals surface area (Å²) >= 11 is 0. The van der Waals surface area contributed by atoms with E-state index in [2.05, 4.69) is 10.6 Å². The molecular weight excluding hydrogens is 522 g/mol. The fourth-order valence-electron chi connectivity index (χ4n) is 7.09. The molecule has 9 nitrogen and oxygen atoms in total. The minimum atomic E-state index is -3.23. The lowest BCUT2D eigenvalue weighted by atomic mass is 9.70. The third kappa shape index (κ3) is 3.89. The van der Waals surface area contributed by atoms with Gasteiger partial charge in [0, 0.05) is 36.1 Å². The van der Waals surface area contributed by atoms with Gasteiger partial charge in [-0.1, -0.05) is 48.5 Å². The minimum absolute atomic E-state index is 0.00257. The van der Waals surface area contributed by atoms with Crippen LogP contribution < -0.4 is 16.4 Å². The maximum Gasteiger partial charge on any atom is 0.264 e. The fourth-order valence-corrected chi connectivity index (χ4v) is 7.09. The number of benzene rings is 2. The number of halogens is 2. The zero-order valence-corrected chi connectivity index (χ0v) is 21.6. The summed E-state index contributed by atoms with van der Waals surface area (Å²) in [5, 5.41) is 17.3. The number of carbonyl (C=O) groups is 4. The Morgan fingerprint density at radius 2 is 1.68 bits per heavy atom. The summed E-state index contributed by atoms with van der Waals surface area (Å²) in [6, 6.07) is 9.78. The summed E-state index contributed by atoms with van der Waals surface area (Å²) in [6.07, 6.45) is -0.0218. The van der Waals surface area contributed by atoms with Gasteiger partial charge in [0.25, 0.3) is 11.8 Å². The lowest BCUT2D eigenvalue weighted by Gasteiger charge is -2.55. The predicted octanol–water partition coefficient (Wildman–Crippen LogP) is 1.41. The molecule has 3 heterocycles. The van der Waals surface area contributed by atoms with Crippen LogP contribution in [0, 0.1) is 11.8 Å². The number of nitrogens with zero attached hydrogens (tertiary/aromatic N) is 1. The van der Waals surface area contributed by atoms with E-state index in [0.717, 1.165) is 4.90 Å². The molecule has 7 rings (SSSR count). The standard InChI is InChI=1S/C29H30F2N4O5/c30-28(31)14-16-9-10-21(28)23(26(38)34-22(24(32)36)13-15-11-12-33-25(15)37)35(16)27(39)29(40)19-7-3-1-5-17(19)18-6-2-4-8-20(18)29/h1-8,15-16,21-23,40H,9-14H2,(H2,32,36)(H,33,37)(H,34,38)/t15-,16-,21-,22-,23-/m0/s1. The number of primary amides is 1. The molecule has 210 valence electrons. The average Bonchev–Trinajstić information content (AvgIpc) is 3.46. The van der Waals surface area contributed by atoms with Crippen LogP contribution in [0.3, 0.4) is 0 Å². The van der Waals surface area contributed by atoms with Crippen molar-refractivity contribution in [2.45, 2.75) is 61.8 Å². The Labute approximate surface area is 229 Å². The summed E-state index contributed by atoms with van der Waals surface area (Å²) in [5.74, 6) is -8.30. The second-order valence-corrected chi connectivity index (χ2v) is 11.2. The van der Waals surface area contributed by atoms with Gasteiger partial charge in [0.05, 0.1) is 5.92 Å². The highest BCUT2D eigenvalue weighted by Crippen LogP contribution is 2.53. The monoisotopic (exact) mass is 552 g/mol. The summed E-state index contributed by atoms with van der Waals surface area (Å²) < 4.78 is 30.5. The van der Waals surface area contributed by atoms with Crippen molar-refractivity contribution in [1.82, 2.24) is 15.5 Å². The molecule has 3 saturated heterocycles. The number of nitrogens with one attached hydrogen (secondary N) is 2. The maximum absolute atomic E-state index is 15.2. The van der Waals surface area contributed by atoms with Crippen molar-refractivity contribution in [3.8, 4) is 11.1 Å². The van der Waals surface area contributed by atoms with Crippen LogP contribution >= 0.6 is 0 Å². The number of hydrogen-bond donors (Lipinski definition) is 4. The Morgan fingerprint density at radius 3 is 2.23 bits per heavy atom. The van der Waals surface area contributed by atoms with E-state index in [4.69, 9.17) is 5.73 Å². The number of fused-ring (bicyclic) bond motifs is 6. The van der Waals surface area contributed by atoms with Gasteiger partial charge in [-0.05, 0) is 36.8 Å². The molecule has 2 aliphatic carbocycles. The number of carbonyl (C=O) groups excluding carboxylic acids is 4. The number of amides is 4. The topological polar surface area (TPSA) is 142 Å². The number of aliphatic hydroxyl groups is 1. The van der Waals surface area contributed by atoms with Crippen molar-refractivity contribution in [3.63, 3.8) is 0 Å². The van der Waals surface area contributed by atoms with E-state index in [1.807, 2.05) is 0 Å². The van der Waals surface area contributed by atoms with Gasteiger partial charge >= 0.3 is 0 Å². The number of nitrogens with two attached hydrogens (primary N) is 1. The van der Waals surface area contributed by atoms with Gasteiger partial charge in [-0.2, -0.15) is 0 Å². The Balaban J connectivity index is 1.37. The molecule has 0 spiro atoms. The van der Waals surface area contributed by atoms with Crippen LogP contribution in [-0.2, 0) is 24.8 Å². The van der Waals surface area contributed by atoms with Crippen molar-refractivity contribution < 1.29 is 33.1 Å². The first-order valence-electron chi connectivity index (χ1n) is 13.5.